The van der Waals surface area contributed by atoms with Gasteiger partial charge in [0.25, 0.3) is 5.69 Å². The standard InChI is InChI=1S/C14H20N2O4S/c17-16(18)14-9-7-12(8-10-14)11-21(19,20)15-13-5-3-1-2-4-6-13/h7-10,13,15H,1-6,11H2. The molecule has 0 aliphatic heterocycles. The highest BCUT2D eigenvalue weighted by Gasteiger charge is 2.20. The molecule has 1 N–H and O–H groups in total. The molecule has 0 saturated heterocycles. The molecule has 21 heavy (non-hydrogen) atoms. The van der Waals surface area contributed by atoms with Gasteiger partial charge >= 0.3 is 0 Å². The van der Waals surface area contributed by atoms with Crippen LogP contribution in [0.2, 0.25) is 0 Å². The molecule has 1 aromatic rings. The summed E-state index contributed by atoms with van der Waals surface area (Å²) < 4.78 is 27.1. The number of non-ortho nitro benzene ring substituents is 1. The first-order chi connectivity index (χ1) is 9.96. The van der Waals surface area contributed by atoms with Crippen molar-refractivity contribution < 1.29 is 13.3 Å². The van der Waals surface area contributed by atoms with Crippen molar-refractivity contribution in [3.63, 3.8) is 0 Å². The average molecular weight is 312 g/mol. The molecule has 0 heterocycles. The molecule has 1 aliphatic carbocycles. The number of nitrogens with one attached hydrogen (secondary N) is 1. The largest absolute Gasteiger partial charge is 0.269 e. The predicted octanol–water partition coefficient (Wildman–Crippen LogP) is 2.74. The number of nitrogens with zero attached hydrogens (tertiary/aromatic N) is 1. The van der Waals surface area contributed by atoms with Crippen LogP contribution < -0.4 is 4.72 Å². The van der Waals surface area contributed by atoms with Gasteiger partial charge in [0.1, 0.15) is 0 Å². The molecular formula is C14H20N2O4S. The summed E-state index contributed by atoms with van der Waals surface area (Å²) in [7, 11) is -3.40. The Bertz CT molecular complexity index is 575. The van der Waals surface area contributed by atoms with Crippen molar-refractivity contribution in [1.29, 1.82) is 0 Å². The van der Waals surface area contributed by atoms with E-state index in [1.54, 1.807) is 0 Å². The zero-order chi connectivity index (χ0) is 15.3. The fourth-order valence-electron chi connectivity index (χ4n) is 2.63. The van der Waals surface area contributed by atoms with Crippen LogP contribution in [0.4, 0.5) is 5.69 Å². The number of hydrogen-bond acceptors (Lipinski definition) is 4. The van der Waals surface area contributed by atoms with E-state index in [9.17, 15) is 18.5 Å². The van der Waals surface area contributed by atoms with Crippen LogP contribution in [0.5, 0.6) is 0 Å². The topological polar surface area (TPSA) is 89.3 Å². The van der Waals surface area contributed by atoms with Crippen molar-refractivity contribution in [2.24, 2.45) is 0 Å². The van der Waals surface area contributed by atoms with Crippen molar-refractivity contribution in [3.05, 3.63) is 39.9 Å². The summed E-state index contributed by atoms with van der Waals surface area (Å²) in [5.74, 6) is -0.137. The Hall–Kier alpha value is -1.47. The number of hydrogen-bond donors (Lipinski definition) is 1. The third-order valence-electron chi connectivity index (χ3n) is 3.71. The number of sulfonamides is 1. The molecule has 1 aromatic carbocycles. The highest BCUT2D eigenvalue weighted by Crippen LogP contribution is 2.19. The van der Waals surface area contributed by atoms with Crippen LogP contribution in [-0.2, 0) is 15.8 Å². The van der Waals surface area contributed by atoms with Gasteiger partial charge in [0.05, 0.1) is 10.7 Å². The first-order valence-electron chi connectivity index (χ1n) is 7.19. The number of benzene rings is 1. The summed E-state index contributed by atoms with van der Waals surface area (Å²) in [5, 5.41) is 10.6. The minimum atomic E-state index is -3.40. The molecule has 0 radical (unpaired) electrons. The molecule has 0 bridgehead atoms. The zero-order valence-corrected chi connectivity index (χ0v) is 12.6. The lowest BCUT2D eigenvalue weighted by Gasteiger charge is -2.16. The van der Waals surface area contributed by atoms with E-state index >= 15 is 0 Å². The molecule has 1 fully saturated rings. The molecule has 0 aromatic heterocycles. The first-order valence-corrected chi connectivity index (χ1v) is 8.85. The van der Waals surface area contributed by atoms with E-state index in [1.165, 1.54) is 37.1 Å². The van der Waals surface area contributed by atoms with E-state index in [0.29, 0.717) is 5.56 Å². The lowest BCUT2D eigenvalue weighted by Crippen LogP contribution is -2.35. The highest BCUT2D eigenvalue weighted by atomic mass is 32.2. The van der Waals surface area contributed by atoms with Gasteiger partial charge in [0.2, 0.25) is 10.0 Å². The minimum absolute atomic E-state index is 0.0237. The Morgan fingerprint density at radius 2 is 1.67 bits per heavy atom. The molecule has 1 saturated carbocycles. The third-order valence-corrected chi connectivity index (χ3v) is 5.11. The third kappa shape index (κ3) is 5.09. The van der Waals surface area contributed by atoms with E-state index in [0.717, 1.165) is 25.7 Å². The Kier molecular flexibility index (Phi) is 5.30. The van der Waals surface area contributed by atoms with Crippen LogP contribution in [0.25, 0.3) is 0 Å². The van der Waals surface area contributed by atoms with Gasteiger partial charge in [0, 0.05) is 18.2 Å². The number of nitro groups is 1. The zero-order valence-electron chi connectivity index (χ0n) is 11.8. The van der Waals surface area contributed by atoms with Crippen LogP contribution in [0.3, 0.4) is 0 Å². The van der Waals surface area contributed by atoms with Crippen LogP contribution in [-0.4, -0.2) is 19.4 Å². The number of rotatable bonds is 5. The second-order valence-corrected chi connectivity index (χ2v) is 7.24. The van der Waals surface area contributed by atoms with Crippen molar-refractivity contribution in [2.75, 3.05) is 0 Å². The summed E-state index contributed by atoms with van der Waals surface area (Å²) in [4.78, 5) is 10.1. The fourth-order valence-corrected chi connectivity index (χ4v) is 4.08. The van der Waals surface area contributed by atoms with E-state index < -0.39 is 14.9 Å². The molecule has 0 amide bonds. The summed E-state index contributed by atoms with van der Waals surface area (Å²) in [6.07, 6.45) is 6.23. The molecule has 0 atom stereocenters. The Labute approximate surface area is 124 Å². The minimum Gasteiger partial charge on any atom is -0.258 e. The Balaban J connectivity index is 1.97. The summed E-state index contributed by atoms with van der Waals surface area (Å²) in [5.41, 5.74) is 0.523. The molecule has 0 unspecified atom stereocenters. The quantitative estimate of drug-likeness (QED) is 0.514. The Morgan fingerprint density at radius 3 is 2.19 bits per heavy atom. The number of nitro benzene ring substituents is 1. The molecule has 116 valence electrons. The Morgan fingerprint density at radius 1 is 1.10 bits per heavy atom. The predicted molar refractivity (Wildman–Crippen MR) is 80.3 cm³/mol. The fraction of sp³-hybridized carbons (Fsp3) is 0.571. The summed E-state index contributed by atoms with van der Waals surface area (Å²) >= 11 is 0. The van der Waals surface area contributed by atoms with Gasteiger partial charge in [-0.25, -0.2) is 13.1 Å². The molecule has 6 nitrogen and oxygen atoms in total. The SMILES string of the molecule is O=[N+]([O-])c1ccc(CS(=O)(=O)NC2CCCCCC2)cc1. The second kappa shape index (κ2) is 7.00. The van der Waals surface area contributed by atoms with E-state index in [1.807, 2.05) is 0 Å². The van der Waals surface area contributed by atoms with Crippen molar-refractivity contribution in [3.8, 4) is 0 Å². The first kappa shape index (κ1) is 15.9. The van der Waals surface area contributed by atoms with Gasteiger partial charge in [-0.2, -0.15) is 0 Å². The lowest BCUT2D eigenvalue weighted by atomic mass is 10.1. The summed E-state index contributed by atoms with van der Waals surface area (Å²) in [6.45, 7) is 0. The maximum atomic E-state index is 12.2. The van der Waals surface area contributed by atoms with Gasteiger partial charge < -0.3 is 0 Å². The van der Waals surface area contributed by atoms with Crippen LogP contribution in [0, 0.1) is 10.1 Å². The van der Waals surface area contributed by atoms with Gasteiger partial charge in [-0.3, -0.25) is 10.1 Å². The molecule has 1 aliphatic rings. The second-order valence-electron chi connectivity index (χ2n) is 5.49. The van der Waals surface area contributed by atoms with Crippen molar-refractivity contribution >= 4 is 15.7 Å². The van der Waals surface area contributed by atoms with Crippen LogP contribution in [0.15, 0.2) is 24.3 Å². The van der Waals surface area contributed by atoms with Crippen LogP contribution >= 0.6 is 0 Å². The highest BCUT2D eigenvalue weighted by molar-refractivity contribution is 7.88. The van der Waals surface area contributed by atoms with Gasteiger partial charge in [-0.05, 0) is 18.4 Å². The lowest BCUT2D eigenvalue weighted by molar-refractivity contribution is -0.384. The maximum Gasteiger partial charge on any atom is 0.269 e. The van der Waals surface area contributed by atoms with Gasteiger partial charge in [0.15, 0.2) is 0 Å². The maximum absolute atomic E-state index is 12.2. The van der Waals surface area contributed by atoms with Gasteiger partial charge in [-0.1, -0.05) is 37.8 Å². The smallest absolute Gasteiger partial charge is 0.258 e. The monoisotopic (exact) mass is 312 g/mol. The molecule has 7 heteroatoms. The summed E-state index contributed by atoms with van der Waals surface area (Å²) in [6, 6.07) is 5.66. The van der Waals surface area contributed by atoms with E-state index in [2.05, 4.69) is 4.72 Å². The normalized spacial score (nSPS) is 17.3. The van der Waals surface area contributed by atoms with Crippen molar-refractivity contribution in [2.45, 2.75) is 50.3 Å². The molecular weight excluding hydrogens is 292 g/mol. The van der Waals surface area contributed by atoms with E-state index in [4.69, 9.17) is 0 Å². The van der Waals surface area contributed by atoms with Crippen molar-refractivity contribution in [1.82, 2.24) is 4.72 Å². The van der Waals surface area contributed by atoms with E-state index in [-0.39, 0.29) is 17.5 Å². The average Bonchev–Trinajstić information content (AvgIpc) is 2.66. The van der Waals surface area contributed by atoms with Crippen LogP contribution in [0.1, 0.15) is 44.1 Å². The van der Waals surface area contributed by atoms with Gasteiger partial charge in [-0.15, -0.1) is 0 Å². The molecule has 2 rings (SSSR count). The molecule has 0 spiro atoms.